The van der Waals surface area contributed by atoms with Gasteiger partial charge in [0, 0.05) is 11.1 Å². The van der Waals surface area contributed by atoms with Gasteiger partial charge in [0.2, 0.25) is 0 Å². The SMILES string of the molecule is N=C(N)c1ccc(-c2nc3c(S(=O)(=O)O)cc(S(=O)(=O)O)cc3[nH]2)cc1. The molecule has 0 unspecified atom stereocenters. The molecule has 6 N–H and O–H groups in total. The van der Waals surface area contributed by atoms with Crippen molar-refractivity contribution in [3.05, 3.63) is 42.0 Å². The maximum Gasteiger partial charge on any atom is 0.296 e. The standard InChI is InChI=1S/C14H12N4O6S2/c15-13(16)7-1-3-8(4-2-7)14-17-10-5-9(25(19,20)21)6-11(12(10)18-14)26(22,23)24/h1-6H,(H3,15,16)(H,17,18)(H,19,20,21)(H,22,23,24). The zero-order chi connectivity index (χ0) is 19.3. The molecule has 2 aromatic carbocycles. The second-order valence-corrected chi connectivity index (χ2v) is 8.16. The predicted octanol–water partition coefficient (Wildman–Crippen LogP) is 1.01. The van der Waals surface area contributed by atoms with Crippen LogP contribution >= 0.6 is 0 Å². The lowest BCUT2D eigenvalue weighted by atomic mass is 10.1. The van der Waals surface area contributed by atoms with E-state index in [1.807, 2.05) is 0 Å². The fourth-order valence-corrected chi connectivity index (χ4v) is 3.63. The summed E-state index contributed by atoms with van der Waals surface area (Å²) in [4.78, 5) is 5.36. The van der Waals surface area contributed by atoms with Crippen molar-refractivity contribution >= 4 is 37.1 Å². The number of benzene rings is 2. The fraction of sp³-hybridized carbons (Fsp3) is 0. The molecule has 0 amide bonds. The molecule has 12 heteroatoms. The topological polar surface area (TPSA) is 187 Å². The van der Waals surface area contributed by atoms with Crippen molar-refractivity contribution in [2.24, 2.45) is 5.73 Å². The van der Waals surface area contributed by atoms with E-state index in [2.05, 4.69) is 9.97 Å². The average molecular weight is 396 g/mol. The number of nitrogens with two attached hydrogens (primary N) is 1. The largest absolute Gasteiger partial charge is 0.384 e. The zero-order valence-electron chi connectivity index (χ0n) is 12.8. The third kappa shape index (κ3) is 3.30. The Morgan fingerprint density at radius 3 is 2.15 bits per heavy atom. The highest BCUT2D eigenvalue weighted by Crippen LogP contribution is 2.28. The Balaban J connectivity index is 2.26. The van der Waals surface area contributed by atoms with Crippen molar-refractivity contribution < 1.29 is 25.9 Å². The van der Waals surface area contributed by atoms with Crippen LogP contribution in [0.5, 0.6) is 0 Å². The lowest BCUT2D eigenvalue weighted by Gasteiger charge is -2.02. The molecular formula is C14H12N4O6S2. The minimum absolute atomic E-state index is 0.0154. The van der Waals surface area contributed by atoms with Crippen LogP contribution in [0.2, 0.25) is 0 Å². The molecule has 0 saturated carbocycles. The first-order valence-corrected chi connectivity index (χ1v) is 9.78. The average Bonchev–Trinajstić information content (AvgIpc) is 2.96. The normalized spacial score (nSPS) is 12.4. The zero-order valence-corrected chi connectivity index (χ0v) is 14.5. The van der Waals surface area contributed by atoms with Crippen LogP contribution in [0.4, 0.5) is 0 Å². The van der Waals surface area contributed by atoms with Gasteiger partial charge in [-0.25, -0.2) is 4.98 Å². The molecule has 1 aromatic heterocycles. The molecule has 10 nitrogen and oxygen atoms in total. The molecule has 0 aliphatic heterocycles. The number of hydrogen-bond acceptors (Lipinski definition) is 6. The van der Waals surface area contributed by atoms with Crippen LogP contribution < -0.4 is 5.73 Å². The van der Waals surface area contributed by atoms with Crippen molar-refractivity contribution in [1.29, 1.82) is 5.41 Å². The monoisotopic (exact) mass is 396 g/mol. The van der Waals surface area contributed by atoms with Crippen LogP contribution in [-0.4, -0.2) is 41.7 Å². The third-order valence-corrected chi connectivity index (χ3v) is 5.27. The molecule has 0 spiro atoms. The molecule has 1 heterocycles. The number of amidine groups is 1. The molecular weight excluding hydrogens is 384 g/mol. The summed E-state index contributed by atoms with van der Waals surface area (Å²) in [5.74, 6) is 0.0556. The van der Waals surface area contributed by atoms with Gasteiger partial charge in [-0.05, 0) is 12.1 Å². The molecule has 3 aromatic rings. The maximum absolute atomic E-state index is 11.6. The van der Waals surface area contributed by atoms with Gasteiger partial charge in [-0.15, -0.1) is 0 Å². The summed E-state index contributed by atoms with van der Waals surface area (Å²) in [5, 5.41) is 7.36. The summed E-state index contributed by atoms with van der Waals surface area (Å²) in [6.07, 6.45) is 0. The second-order valence-electron chi connectivity index (χ2n) is 5.34. The molecule has 0 radical (unpaired) electrons. The molecule has 3 rings (SSSR count). The number of aromatic nitrogens is 2. The van der Waals surface area contributed by atoms with E-state index in [1.165, 1.54) is 0 Å². The van der Waals surface area contributed by atoms with Gasteiger partial charge in [0.1, 0.15) is 22.1 Å². The predicted molar refractivity (Wildman–Crippen MR) is 92.2 cm³/mol. The van der Waals surface area contributed by atoms with Gasteiger partial charge in [-0.1, -0.05) is 24.3 Å². The van der Waals surface area contributed by atoms with E-state index in [1.54, 1.807) is 24.3 Å². The summed E-state index contributed by atoms with van der Waals surface area (Å²) < 4.78 is 64.4. The fourth-order valence-electron chi connectivity index (χ4n) is 2.35. The summed E-state index contributed by atoms with van der Waals surface area (Å²) in [5.41, 5.74) is 6.14. The van der Waals surface area contributed by atoms with Gasteiger partial charge in [0.05, 0.1) is 10.4 Å². The Labute approximate surface area is 147 Å². The van der Waals surface area contributed by atoms with Crippen LogP contribution in [0.1, 0.15) is 5.56 Å². The number of hydrogen-bond donors (Lipinski definition) is 5. The number of imidazole rings is 1. The Kier molecular flexibility index (Phi) is 4.07. The summed E-state index contributed by atoms with van der Waals surface area (Å²) >= 11 is 0. The quantitative estimate of drug-likeness (QED) is 0.245. The number of aromatic amines is 1. The number of H-pyrrole nitrogens is 1. The lowest BCUT2D eigenvalue weighted by Crippen LogP contribution is -2.10. The molecule has 26 heavy (non-hydrogen) atoms. The van der Waals surface area contributed by atoms with Gasteiger partial charge in [-0.2, -0.15) is 16.8 Å². The van der Waals surface area contributed by atoms with Crippen molar-refractivity contribution in [3.63, 3.8) is 0 Å². The van der Waals surface area contributed by atoms with Gasteiger partial charge >= 0.3 is 0 Å². The van der Waals surface area contributed by atoms with Gasteiger partial charge in [-0.3, -0.25) is 14.5 Å². The van der Waals surface area contributed by atoms with Crippen LogP contribution in [0, 0.1) is 5.41 Å². The summed E-state index contributed by atoms with van der Waals surface area (Å²) in [6.45, 7) is 0. The van der Waals surface area contributed by atoms with E-state index in [4.69, 9.17) is 11.1 Å². The molecule has 0 fully saturated rings. The Hall–Kier alpha value is -2.80. The number of nitrogens with zero attached hydrogens (tertiary/aromatic N) is 1. The van der Waals surface area contributed by atoms with Crippen molar-refractivity contribution in [2.75, 3.05) is 0 Å². The molecule has 0 saturated heterocycles. The highest BCUT2D eigenvalue weighted by atomic mass is 32.2. The van der Waals surface area contributed by atoms with Crippen molar-refractivity contribution in [2.45, 2.75) is 9.79 Å². The minimum Gasteiger partial charge on any atom is -0.384 e. The van der Waals surface area contributed by atoms with Gasteiger partial charge < -0.3 is 10.7 Å². The highest BCUT2D eigenvalue weighted by molar-refractivity contribution is 7.86. The van der Waals surface area contributed by atoms with E-state index in [0.717, 1.165) is 6.07 Å². The number of nitrogens with one attached hydrogen (secondary N) is 2. The number of rotatable bonds is 4. The minimum atomic E-state index is -4.80. The van der Waals surface area contributed by atoms with Gasteiger partial charge in [0.15, 0.2) is 0 Å². The van der Waals surface area contributed by atoms with Crippen LogP contribution in [-0.2, 0) is 20.2 Å². The van der Waals surface area contributed by atoms with Crippen molar-refractivity contribution in [3.8, 4) is 11.4 Å². The van der Waals surface area contributed by atoms with E-state index >= 15 is 0 Å². The second kappa shape index (κ2) is 5.88. The first kappa shape index (κ1) is 18.0. The number of fused-ring (bicyclic) bond motifs is 1. The first-order valence-electron chi connectivity index (χ1n) is 6.90. The first-order chi connectivity index (χ1) is 12.0. The van der Waals surface area contributed by atoms with E-state index in [0.29, 0.717) is 17.2 Å². The van der Waals surface area contributed by atoms with Crippen LogP contribution in [0.3, 0.4) is 0 Å². The van der Waals surface area contributed by atoms with E-state index in [9.17, 15) is 25.9 Å². The number of nitrogen functional groups attached to an aromatic ring is 1. The Morgan fingerprint density at radius 1 is 1.04 bits per heavy atom. The molecule has 0 aliphatic rings. The summed E-state index contributed by atoms with van der Waals surface area (Å²) in [6, 6.07) is 7.88. The maximum atomic E-state index is 11.6. The molecule has 0 aliphatic carbocycles. The van der Waals surface area contributed by atoms with E-state index < -0.39 is 30.0 Å². The van der Waals surface area contributed by atoms with Crippen molar-refractivity contribution in [1.82, 2.24) is 9.97 Å². The van der Waals surface area contributed by atoms with Gasteiger partial charge in [0.25, 0.3) is 20.2 Å². The molecule has 136 valence electrons. The molecule has 0 atom stereocenters. The smallest absolute Gasteiger partial charge is 0.296 e. The Morgan fingerprint density at radius 2 is 1.65 bits per heavy atom. The Bertz CT molecular complexity index is 1240. The third-order valence-electron chi connectivity index (χ3n) is 3.57. The van der Waals surface area contributed by atoms with Crippen LogP contribution in [0.15, 0.2) is 46.2 Å². The molecule has 0 bridgehead atoms. The van der Waals surface area contributed by atoms with Crippen LogP contribution in [0.25, 0.3) is 22.4 Å². The summed E-state index contributed by atoms with van der Waals surface area (Å²) in [7, 11) is -9.51. The van der Waals surface area contributed by atoms with E-state index in [-0.39, 0.29) is 22.7 Å². The highest BCUT2D eigenvalue weighted by Gasteiger charge is 2.23. The lowest BCUT2D eigenvalue weighted by molar-refractivity contribution is 0.482.